The molecule has 0 N–H and O–H groups in total. The number of rotatable bonds is 4. The molecular weight excluding hydrogens is 631 g/mol. The standard InChI is InChI=1S/C9H9BrO.C9H10O.C4H8O2.2BrH.Cu/c1-7-2-4-8(5-3-7)9(11)6-10;1-7-3-5-9(6-4-7)8(2)10;1-3-6-4(2)5;;;/h2-5H,6H2,1H3;3-6H,1-2H3;3H2,1-2H3;2*1H;/q;;;;;+2/p-2. The summed E-state index contributed by atoms with van der Waals surface area (Å²) in [5, 5.41) is 0.399. The van der Waals surface area contributed by atoms with Crippen LogP contribution in [0.1, 0.15) is 52.6 Å². The molecule has 0 aliphatic carbocycles. The van der Waals surface area contributed by atoms with Crippen molar-refractivity contribution in [1.82, 2.24) is 0 Å². The van der Waals surface area contributed by atoms with E-state index in [9.17, 15) is 14.4 Å². The van der Waals surface area contributed by atoms with Gasteiger partial charge in [0.15, 0.2) is 11.6 Å². The topological polar surface area (TPSA) is 60.4 Å². The van der Waals surface area contributed by atoms with E-state index in [-0.39, 0.29) is 17.5 Å². The van der Waals surface area contributed by atoms with Crippen molar-refractivity contribution in [3.05, 3.63) is 70.8 Å². The van der Waals surface area contributed by atoms with Crippen LogP contribution in [-0.4, -0.2) is 29.5 Å². The van der Waals surface area contributed by atoms with E-state index < -0.39 is 0 Å². The number of carbonyl (C=O) groups is 3. The van der Waals surface area contributed by atoms with Crippen molar-refractivity contribution < 1.29 is 30.5 Å². The molecule has 8 heteroatoms. The van der Waals surface area contributed by atoms with Crippen LogP contribution in [0.3, 0.4) is 0 Å². The molecule has 0 aliphatic rings. The molecule has 0 unspecified atom stereocenters. The van der Waals surface area contributed by atoms with Crippen LogP contribution in [0.25, 0.3) is 0 Å². The van der Waals surface area contributed by atoms with Gasteiger partial charge in [0.1, 0.15) is 0 Å². The summed E-state index contributed by atoms with van der Waals surface area (Å²) in [6.45, 7) is 9.23. The van der Waals surface area contributed by atoms with Crippen LogP contribution >= 0.6 is 44.2 Å². The summed E-state index contributed by atoms with van der Waals surface area (Å²) in [6, 6.07) is 15.1. The molecule has 2 aromatic carbocycles. The molecule has 2 aromatic rings. The summed E-state index contributed by atoms with van der Waals surface area (Å²) in [6.07, 6.45) is 0. The number of benzene rings is 2. The number of ketones is 2. The predicted octanol–water partition coefficient (Wildman–Crippen LogP) is 7.03. The van der Waals surface area contributed by atoms with Crippen LogP contribution in [0, 0.1) is 13.8 Å². The molecular formula is C22H27Br3CuO4. The number of hydrogen-bond donors (Lipinski definition) is 0. The second-order valence-corrected chi connectivity index (χ2v) is 11.1. The van der Waals surface area contributed by atoms with Crippen LogP contribution in [0.4, 0.5) is 0 Å². The van der Waals surface area contributed by atoms with Crippen molar-refractivity contribution in [3.8, 4) is 0 Å². The molecule has 0 saturated carbocycles. The van der Waals surface area contributed by atoms with Crippen molar-refractivity contribution in [3.63, 3.8) is 0 Å². The molecule has 0 saturated heterocycles. The normalized spacial score (nSPS) is 8.93. The Hall–Kier alpha value is -0.791. The van der Waals surface area contributed by atoms with Gasteiger partial charge in [-0.25, -0.2) is 0 Å². The fourth-order valence-corrected chi connectivity index (χ4v) is 2.13. The van der Waals surface area contributed by atoms with E-state index >= 15 is 0 Å². The van der Waals surface area contributed by atoms with Gasteiger partial charge in [-0.2, -0.15) is 0 Å². The number of ether oxygens (including phenoxy) is 1. The van der Waals surface area contributed by atoms with Gasteiger partial charge in [-0.15, -0.1) is 0 Å². The number of Topliss-reactive ketones (excluding diaryl/α,β-unsaturated/α-hetero) is 2. The molecule has 2 rings (SSSR count). The third-order valence-electron chi connectivity index (χ3n) is 3.30. The van der Waals surface area contributed by atoms with Gasteiger partial charge in [0, 0.05) is 18.1 Å². The Bertz CT molecular complexity index is 748. The van der Waals surface area contributed by atoms with E-state index in [0.717, 1.165) is 11.1 Å². The molecule has 0 aliphatic heterocycles. The molecule has 0 bridgehead atoms. The summed E-state index contributed by atoms with van der Waals surface area (Å²) in [5.41, 5.74) is 3.92. The maximum atomic E-state index is 11.1. The van der Waals surface area contributed by atoms with Gasteiger partial charge in [-0.1, -0.05) is 75.6 Å². The van der Waals surface area contributed by atoms with E-state index in [0.29, 0.717) is 11.9 Å². The van der Waals surface area contributed by atoms with Gasteiger partial charge in [-0.3, -0.25) is 14.4 Å². The predicted molar refractivity (Wildman–Crippen MR) is 131 cm³/mol. The number of alkyl halides is 1. The molecule has 0 aromatic heterocycles. The van der Waals surface area contributed by atoms with E-state index in [1.165, 1.54) is 29.4 Å². The van der Waals surface area contributed by atoms with Gasteiger partial charge >= 0.3 is 45.5 Å². The SMILES string of the molecule is CC(=O)c1ccc(C)cc1.CCOC(C)=O.Cc1ccc(C(=O)CBr)cc1.[Br][Cu][Br]. The summed E-state index contributed by atoms with van der Waals surface area (Å²) in [4.78, 5) is 31.7. The van der Waals surface area contributed by atoms with E-state index in [1.54, 1.807) is 13.8 Å². The van der Waals surface area contributed by atoms with Gasteiger partial charge in [-0.05, 0) is 27.7 Å². The first-order valence-electron chi connectivity index (χ1n) is 8.80. The van der Waals surface area contributed by atoms with Crippen molar-refractivity contribution in [2.24, 2.45) is 0 Å². The number of carbonyl (C=O) groups excluding carboxylic acids is 3. The Balaban J connectivity index is 0. The molecule has 0 amide bonds. The minimum atomic E-state index is -0.211. The zero-order valence-electron chi connectivity index (χ0n) is 17.6. The van der Waals surface area contributed by atoms with Gasteiger partial charge in [0.05, 0.1) is 11.9 Å². The first-order chi connectivity index (χ1) is 14.1. The molecule has 0 fully saturated rings. The van der Waals surface area contributed by atoms with E-state index in [2.05, 4.69) is 48.9 Å². The first kappa shape index (κ1) is 31.4. The average Bonchev–Trinajstić information content (AvgIpc) is 2.70. The van der Waals surface area contributed by atoms with Crippen molar-refractivity contribution >= 4 is 61.7 Å². The van der Waals surface area contributed by atoms with Crippen LogP contribution in [0.15, 0.2) is 48.5 Å². The summed E-state index contributed by atoms with van der Waals surface area (Å²) >= 11 is 10.5. The third kappa shape index (κ3) is 18.0. The van der Waals surface area contributed by atoms with Crippen LogP contribution in [-0.2, 0) is 20.9 Å². The summed E-state index contributed by atoms with van der Waals surface area (Å²) in [5.74, 6) is 0.0440. The Morgan fingerprint density at radius 2 is 1.20 bits per heavy atom. The molecule has 0 heterocycles. The second-order valence-electron chi connectivity index (χ2n) is 5.81. The van der Waals surface area contributed by atoms with Crippen LogP contribution < -0.4 is 0 Å². The minimum absolute atomic E-state index is 0.125. The molecule has 0 radical (unpaired) electrons. The monoisotopic (exact) mass is 655 g/mol. The quantitative estimate of drug-likeness (QED) is 0.153. The van der Waals surface area contributed by atoms with Crippen molar-refractivity contribution in [1.29, 1.82) is 0 Å². The van der Waals surface area contributed by atoms with Crippen molar-refractivity contribution in [2.45, 2.75) is 34.6 Å². The van der Waals surface area contributed by atoms with Gasteiger partial charge in [0.25, 0.3) is 0 Å². The Kier molecular flexibility index (Phi) is 21.1. The van der Waals surface area contributed by atoms with E-state index in [4.69, 9.17) is 0 Å². The number of esters is 1. The second kappa shape index (κ2) is 20.1. The van der Waals surface area contributed by atoms with E-state index in [1.807, 2.05) is 62.4 Å². The number of hydrogen-bond acceptors (Lipinski definition) is 4. The Labute approximate surface area is 208 Å². The Morgan fingerprint density at radius 1 is 0.833 bits per heavy atom. The fourth-order valence-electron chi connectivity index (χ4n) is 1.81. The number of aryl methyl sites for hydroxylation is 2. The zero-order valence-corrected chi connectivity index (χ0v) is 23.3. The molecule has 171 valence electrons. The molecule has 30 heavy (non-hydrogen) atoms. The summed E-state index contributed by atoms with van der Waals surface area (Å²) in [7, 11) is 0. The first-order valence-corrected chi connectivity index (χ1v) is 14.6. The van der Waals surface area contributed by atoms with Gasteiger partial charge < -0.3 is 4.74 Å². The zero-order chi connectivity index (χ0) is 23.5. The maximum absolute atomic E-state index is 11.1. The van der Waals surface area contributed by atoms with Crippen LogP contribution in [0.2, 0.25) is 0 Å². The van der Waals surface area contributed by atoms with Gasteiger partial charge in [0.2, 0.25) is 0 Å². The molecule has 4 nitrogen and oxygen atoms in total. The Morgan fingerprint density at radius 3 is 1.43 bits per heavy atom. The number of halogens is 3. The third-order valence-corrected chi connectivity index (χ3v) is 3.81. The van der Waals surface area contributed by atoms with Crippen LogP contribution in [0.5, 0.6) is 0 Å². The average molecular weight is 659 g/mol. The fraction of sp³-hybridized carbons (Fsp3) is 0.318. The molecule has 0 spiro atoms. The van der Waals surface area contributed by atoms with Crippen molar-refractivity contribution in [2.75, 3.05) is 11.9 Å². The molecule has 0 atom stereocenters. The summed E-state index contributed by atoms with van der Waals surface area (Å²) < 4.78 is 4.40.